The number of aromatic hydroxyl groups is 1. The molecule has 3 aromatic carbocycles. The highest BCUT2D eigenvalue weighted by atomic mass is 19.1. The quantitative estimate of drug-likeness (QED) is 0.644. The normalized spacial score (nSPS) is 21.1. The van der Waals surface area contributed by atoms with Crippen molar-refractivity contribution in [3.05, 3.63) is 95.6 Å². The summed E-state index contributed by atoms with van der Waals surface area (Å²) in [5.74, 6) is -1.37. The second-order valence-electron chi connectivity index (χ2n) is 7.03. The molecule has 1 aliphatic rings. The zero-order valence-electron chi connectivity index (χ0n) is 15.4. The van der Waals surface area contributed by atoms with Gasteiger partial charge in [0.05, 0.1) is 18.1 Å². The van der Waals surface area contributed by atoms with Crippen LogP contribution in [0.5, 0.6) is 5.75 Å². The molecule has 0 aliphatic carbocycles. The van der Waals surface area contributed by atoms with Crippen LogP contribution in [0, 0.1) is 17.6 Å². The van der Waals surface area contributed by atoms with E-state index in [2.05, 4.69) is 5.32 Å². The Morgan fingerprint density at radius 3 is 2.03 bits per heavy atom. The van der Waals surface area contributed by atoms with Gasteiger partial charge in [0.15, 0.2) is 0 Å². The predicted octanol–water partition coefficient (Wildman–Crippen LogP) is 5.13. The van der Waals surface area contributed by atoms with E-state index in [4.69, 9.17) is 4.74 Å². The largest absolute Gasteiger partial charge is 0.508 e. The third-order valence-corrected chi connectivity index (χ3v) is 5.06. The van der Waals surface area contributed by atoms with Crippen LogP contribution in [0.2, 0.25) is 0 Å². The lowest BCUT2D eigenvalue weighted by atomic mass is 9.91. The Kier molecular flexibility index (Phi) is 5.27. The summed E-state index contributed by atoms with van der Waals surface area (Å²) in [5.41, 5.74) is 2.03. The number of anilines is 1. The van der Waals surface area contributed by atoms with Crippen molar-refractivity contribution in [1.82, 2.24) is 0 Å². The zero-order valence-corrected chi connectivity index (χ0v) is 15.4. The minimum absolute atomic E-state index is 0.120. The van der Waals surface area contributed by atoms with E-state index in [1.165, 1.54) is 36.4 Å². The summed E-state index contributed by atoms with van der Waals surface area (Å²) in [5, 5.41) is 12.4. The van der Waals surface area contributed by atoms with E-state index in [1.54, 1.807) is 36.4 Å². The molecule has 2 N–H and O–H groups in total. The minimum atomic E-state index is -0.536. The summed E-state index contributed by atoms with van der Waals surface area (Å²) >= 11 is 0. The molecule has 1 fully saturated rings. The fraction of sp³-hybridized carbons (Fsp3) is 0.174. The summed E-state index contributed by atoms with van der Waals surface area (Å²) in [6.07, 6.45) is -0.506. The number of hydrogen-bond donors (Lipinski definition) is 2. The van der Waals surface area contributed by atoms with Crippen LogP contribution in [0.25, 0.3) is 0 Å². The van der Waals surface area contributed by atoms with E-state index in [0.717, 1.165) is 11.1 Å². The third kappa shape index (κ3) is 4.27. The SMILES string of the molecule is O=C(Nc1ccc(F)cc1)C1CC(c2ccc(F)cc2)OC1c1ccc(O)cc1. The van der Waals surface area contributed by atoms with Crippen LogP contribution < -0.4 is 5.32 Å². The highest BCUT2D eigenvalue weighted by Gasteiger charge is 2.41. The summed E-state index contributed by atoms with van der Waals surface area (Å²) in [7, 11) is 0. The second kappa shape index (κ2) is 8.01. The molecule has 3 atom stereocenters. The maximum absolute atomic E-state index is 13.3. The average molecular weight is 395 g/mol. The van der Waals surface area contributed by atoms with Crippen molar-refractivity contribution in [2.75, 3.05) is 5.32 Å². The molecule has 0 bridgehead atoms. The maximum Gasteiger partial charge on any atom is 0.230 e. The van der Waals surface area contributed by atoms with Gasteiger partial charge >= 0.3 is 0 Å². The van der Waals surface area contributed by atoms with Crippen LogP contribution in [0.3, 0.4) is 0 Å². The van der Waals surface area contributed by atoms with Crippen molar-refractivity contribution in [2.45, 2.75) is 18.6 Å². The first kappa shape index (κ1) is 19.1. The maximum atomic E-state index is 13.3. The molecular weight excluding hydrogens is 376 g/mol. The highest BCUT2D eigenvalue weighted by molar-refractivity contribution is 5.93. The molecule has 29 heavy (non-hydrogen) atoms. The van der Waals surface area contributed by atoms with Crippen LogP contribution in [0.1, 0.15) is 29.8 Å². The summed E-state index contributed by atoms with van der Waals surface area (Å²) in [6, 6.07) is 18.1. The van der Waals surface area contributed by atoms with E-state index in [9.17, 15) is 18.7 Å². The Morgan fingerprint density at radius 1 is 0.862 bits per heavy atom. The molecule has 6 heteroatoms. The van der Waals surface area contributed by atoms with Crippen molar-refractivity contribution in [3.8, 4) is 5.75 Å². The number of hydrogen-bond acceptors (Lipinski definition) is 3. The van der Waals surface area contributed by atoms with Gasteiger partial charge in [-0.15, -0.1) is 0 Å². The van der Waals surface area contributed by atoms with Gasteiger partial charge in [0, 0.05) is 5.69 Å². The van der Waals surface area contributed by atoms with E-state index < -0.39 is 12.0 Å². The van der Waals surface area contributed by atoms with Gasteiger partial charge in [-0.1, -0.05) is 24.3 Å². The Morgan fingerprint density at radius 2 is 1.41 bits per heavy atom. The molecule has 3 aromatic rings. The van der Waals surface area contributed by atoms with Crippen molar-refractivity contribution >= 4 is 11.6 Å². The number of ether oxygens (including phenoxy) is 1. The molecule has 0 saturated carbocycles. The lowest BCUT2D eigenvalue weighted by Crippen LogP contribution is -2.25. The number of benzene rings is 3. The fourth-order valence-electron chi connectivity index (χ4n) is 3.56. The molecule has 1 aliphatic heterocycles. The van der Waals surface area contributed by atoms with E-state index in [0.29, 0.717) is 12.1 Å². The molecule has 0 spiro atoms. The molecule has 148 valence electrons. The highest BCUT2D eigenvalue weighted by Crippen LogP contribution is 2.45. The minimum Gasteiger partial charge on any atom is -0.508 e. The Hall–Kier alpha value is -3.25. The van der Waals surface area contributed by atoms with Crippen LogP contribution in [-0.4, -0.2) is 11.0 Å². The number of halogens is 2. The molecule has 1 heterocycles. The number of carbonyl (C=O) groups excluding carboxylic acids is 1. The first-order valence-corrected chi connectivity index (χ1v) is 9.26. The van der Waals surface area contributed by atoms with Crippen LogP contribution in [0.15, 0.2) is 72.8 Å². The Labute approximate surface area is 166 Å². The third-order valence-electron chi connectivity index (χ3n) is 5.06. The van der Waals surface area contributed by atoms with Crippen molar-refractivity contribution in [1.29, 1.82) is 0 Å². The molecule has 0 radical (unpaired) electrons. The smallest absolute Gasteiger partial charge is 0.230 e. The number of carbonyl (C=O) groups is 1. The zero-order chi connectivity index (χ0) is 20.4. The summed E-state index contributed by atoms with van der Waals surface area (Å²) in [4.78, 5) is 13.0. The van der Waals surface area contributed by atoms with Crippen LogP contribution >= 0.6 is 0 Å². The van der Waals surface area contributed by atoms with Gasteiger partial charge < -0.3 is 15.2 Å². The number of phenols is 1. The number of phenolic OH excluding ortho intramolecular Hbond substituents is 1. The number of nitrogens with one attached hydrogen (secondary N) is 1. The topological polar surface area (TPSA) is 58.6 Å². The molecular formula is C23H19F2NO3. The van der Waals surface area contributed by atoms with Crippen molar-refractivity contribution in [3.63, 3.8) is 0 Å². The molecule has 1 amide bonds. The van der Waals surface area contributed by atoms with Gasteiger partial charge in [-0.3, -0.25) is 4.79 Å². The first-order valence-electron chi connectivity index (χ1n) is 9.26. The standard InChI is InChI=1S/C23H19F2NO3/c24-16-5-1-14(2-6-16)21-13-20(22(29-21)15-3-11-19(27)12-4-15)23(28)26-18-9-7-17(25)8-10-18/h1-12,20-22,27H,13H2,(H,26,28). The van der Waals surface area contributed by atoms with Crippen LogP contribution in [0.4, 0.5) is 14.5 Å². The number of amides is 1. The van der Waals surface area contributed by atoms with Crippen LogP contribution in [-0.2, 0) is 9.53 Å². The Balaban J connectivity index is 1.60. The Bertz CT molecular complexity index is 988. The lowest BCUT2D eigenvalue weighted by molar-refractivity contribution is -0.121. The van der Waals surface area contributed by atoms with Gasteiger partial charge in [0.2, 0.25) is 5.91 Å². The van der Waals surface area contributed by atoms with E-state index in [-0.39, 0.29) is 29.4 Å². The molecule has 1 saturated heterocycles. The molecule has 4 rings (SSSR count). The van der Waals surface area contributed by atoms with E-state index >= 15 is 0 Å². The predicted molar refractivity (Wildman–Crippen MR) is 104 cm³/mol. The first-order chi connectivity index (χ1) is 14.0. The monoisotopic (exact) mass is 395 g/mol. The van der Waals surface area contributed by atoms with Gasteiger partial charge in [-0.25, -0.2) is 8.78 Å². The van der Waals surface area contributed by atoms with Gasteiger partial charge in [-0.05, 0) is 66.1 Å². The van der Waals surface area contributed by atoms with Gasteiger partial charge in [0.25, 0.3) is 0 Å². The summed E-state index contributed by atoms with van der Waals surface area (Å²) in [6.45, 7) is 0. The van der Waals surface area contributed by atoms with Crippen molar-refractivity contribution < 1.29 is 23.4 Å². The average Bonchev–Trinajstić information content (AvgIpc) is 3.16. The van der Waals surface area contributed by atoms with Crippen molar-refractivity contribution in [2.24, 2.45) is 5.92 Å². The molecule has 0 aromatic heterocycles. The molecule has 3 unspecified atom stereocenters. The second-order valence-corrected chi connectivity index (χ2v) is 7.03. The van der Waals surface area contributed by atoms with Gasteiger partial charge in [-0.2, -0.15) is 0 Å². The summed E-state index contributed by atoms with van der Waals surface area (Å²) < 4.78 is 32.6. The molecule has 4 nitrogen and oxygen atoms in total. The van der Waals surface area contributed by atoms with E-state index in [1.807, 2.05) is 0 Å². The van der Waals surface area contributed by atoms with Gasteiger partial charge in [0.1, 0.15) is 17.4 Å². The lowest BCUT2D eigenvalue weighted by Gasteiger charge is -2.19. The fourth-order valence-corrected chi connectivity index (χ4v) is 3.56. The number of rotatable bonds is 4.